The quantitative estimate of drug-likeness (QED) is 0.215. The Morgan fingerprint density at radius 1 is 1.03 bits per heavy atom. The number of benzene rings is 3. The number of hydrogen-bond acceptors (Lipinski definition) is 5. The number of thioether (sulfide) groups is 1. The Bertz CT molecular complexity index is 1390. The lowest BCUT2D eigenvalue weighted by atomic mass is 10.1. The first-order valence-electron chi connectivity index (χ1n) is 11.2. The number of nitrogens with zero attached hydrogens (tertiary/aromatic N) is 1. The van der Waals surface area contributed by atoms with Crippen LogP contribution in [0.4, 0.5) is 10.8 Å². The van der Waals surface area contributed by atoms with Crippen LogP contribution in [0.3, 0.4) is 0 Å². The molecular weight excluding hydrogens is 533 g/mol. The van der Waals surface area contributed by atoms with Crippen LogP contribution in [-0.2, 0) is 4.79 Å². The molecule has 1 unspecified atom stereocenters. The number of halogens is 2. The van der Waals surface area contributed by atoms with Gasteiger partial charge in [-0.1, -0.05) is 53.9 Å². The number of aromatic nitrogens is 1. The number of hydrogen-bond donors (Lipinski definition) is 2. The largest absolute Gasteiger partial charge is 0.322 e. The first-order chi connectivity index (χ1) is 17.3. The molecule has 1 atom stereocenters. The molecule has 0 aliphatic rings. The van der Waals surface area contributed by atoms with Crippen LogP contribution in [0.25, 0.3) is 11.3 Å². The van der Waals surface area contributed by atoms with Gasteiger partial charge in [0.05, 0.1) is 16.0 Å². The fourth-order valence-corrected chi connectivity index (χ4v) is 5.61. The number of thiazole rings is 1. The molecule has 3 aromatic carbocycles. The number of anilines is 2. The van der Waals surface area contributed by atoms with Crippen LogP contribution in [0.5, 0.6) is 0 Å². The van der Waals surface area contributed by atoms with Crippen molar-refractivity contribution >= 4 is 68.9 Å². The minimum atomic E-state index is -0.334. The minimum Gasteiger partial charge on any atom is -0.322 e. The van der Waals surface area contributed by atoms with Crippen molar-refractivity contribution in [2.24, 2.45) is 0 Å². The lowest BCUT2D eigenvalue weighted by Crippen LogP contribution is -2.24. The second-order valence-electron chi connectivity index (χ2n) is 8.01. The lowest BCUT2D eigenvalue weighted by Gasteiger charge is -2.14. The highest BCUT2D eigenvalue weighted by atomic mass is 35.5. The van der Waals surface area contributed by atoms with Gasteiger partial charge in [-0.2, -0.15) is 0 Å². The summed E-state index contributed by atoms with van der Waals surface area (Å²) in [6, 6.07) is 20.1. The zero-order valence-corrected chi connectivity index (χ0v) is 22.7. The Balaban J connectivity index is 1.40. The van der Waals surface area contributed by atoms with Gasteiger partial charge in [-0.15, -0.1) is 23.1 Å². The van der Waals surface area contributed by atoms with Gasteiger partial charge in [0.1, 0.15) is 0 Å². The molecule has 36 heavy (non-hydrogen) atoms. The van der Waals surface area contributed by atoms with Gasteiger partial charge < -0.3 is 10.6 Å². The molecule has 0 aliphatic heterocycles. The number of rotatable bonds is 8. The summed E-state index contributed by atoms with van der Waals surface area (Å²) in [5.74, 6) is -0.318. The van der Waals surface area contributed by atoms with E-state index in [4.69, 9.17) is 23.2 Å². The maximum absolute atomic E-state index is 13.0. The maximum Gasteiger partial charge on any atom is 0.255 e. The van der Waals surface area contributed by atoms with E-state index in [9.17, 15) is 9.59 Å². The molecule has 4 aromatic rings. The molecule has 0 spiro atoms. The van der Waals surface area contributed by atoms with Gasteiger partial charge in [0, 0.05) is 32.1 Å². The third-order valence-electron chi connectivity index (χ3n) is 5.29. The van der Waals surface area contributed by atoms with E-state index in [1.807, 2.05) is 55.6 Å². The molecule has 0 saturated carbocycles. The van der Waals surface area contributed by atoms with Crippen molar-refractivity contribution < 1.29 is 9.59 Å². The van der Waals surface area contributed by atoms with Crippen LogP contribution in [0.2, 0.25) is 10.0 Å². The first-order valence-corrected chi connectivity index (χ1v) is 13.7. The molecule has 1 aromatic heterocycles. The van der Waals surface area contributed by atoms with E-state index in [1.54, 1.807) is 30.3 Å². The molecule has 0 bridgehead atoms. The second-order valence-corrected chi connectivity index (χ2v) is 11.0. The summed E-state index contributed by atoms with van der Waals surface area (Å²) < 4.78 is 0. The number of nitrogens with one attached hydrogen (secondary N) is 2. The van der Waals surface area contributed by atoms with Gasteiger partial charge in [-0.25, -0.2) is 4.98 Å². The molecule has 2 N–H and O–H groups in total. The van der Waals surface area contributed by atoms with Crippen molar-refractivity contribution in [3.8, 4) is 11.3 Å². The van der Waals surface area contributed by atoms with E-state index >= 15 is 0 Å². The molecule has 4 rings (SSSR count). The highest BCUT2D eigenvalue weighted by Crippen LogP contribution is 2.33. The van der Waals surface area contributed by atoms with Crippen LogP contribution in [0.15, 0.2) is 77.0 Å². The minimum absolute atomic E-state index is 0.139. The van der Waals surface area contributed by atoms with Gasteiger partial charge in [0.2, 0.25) is 5.91 Å². The zero-order valence-electron chi connectivity index (χ0n) is 19.5. The molecule has 0 radical (unpaired) electrons. The van der Waals surface area contributed by atoms with Crippen LogP contribution < -0.4 is 10.6 Å². The Kier molecular flexibility index (Phi) is 8.69. The van der Waals surface area contributed by atoms with E-state index in [0.29, 0.717) is 38.5 Å². The third kappa shape index (κ3) is 6.68. The van der Waals surface area contributed by atoms with Gasteiger partial charge in [0.15, 0.2) is 5.13 Å². The predicted molar refractivity (Wildman–Crippen MR) is 152 cm³/mol. The molecular formula is C27H23Cl2N3O2S2. The first kappa shape index (κ1) is 26.2. The van der Waals surface area contributed by atoms with Crippen molar-refractivity contribution in [2.45, 2.75) is 30.4 Å². The Labute approximate surface area is 228 Å². The van der Waals surface area contributed by atoms with Gasteiger partial charge in [-0.05, 0) is 61.9 Å². The van der Waals surface area contributed by atoms with Gasteiger partial charge in [0.25, 0.3) is 5.91 Å². The van der Waals surface area contributed by atoms with E-state index in [1.165, 1.54) is 23.1 Å². The number of carbonyl (C=O) groups is 2. The molecule has 0 saturated heterocycles. The molecule has 5 nitrogen and oxygen atoms in total. The SMILES string of the molecule is CCC(Sc1cccc(NC(=O)c2ccc(C)cc2)c1)C(=O)Nc1nc(-c2ccc(Cl)cc2Cl)cs1. The summed E-state index contributed by atoms with van der Waals surface area (Å²) in [7, 11) is 0. The summed E-state index contributed by atoms with van der Waals surface area (Å²) in [5, 5.41) is 8.90. The summed E-state index contributed by atoms with van der Waals surface area (Å²) in [6.07, 6.45) is 0.623. The maximum atomic E-state index is 13.0. The predicted octanol–water partition coefficient (Wildman–Crippen LogP) is 8.19. The molecule has 9 heteroatoms. The van der Waals surface area contributed by atoms with E-state index < -0.39 is 0 Å². The lowest BCUT2D eigenvalue weighted by molar-refractivity contribution is -0.115. The van der Waals surface area contributed by atoms with Crippen molar-refractivity contribution in [1.29, 1.82) is 0 Å². The van der Waals surface area contributed by atoms with Crippen molar-refractivity contribution in [1.82, 2.24) is 4.98 Å². The molecule has 184 valence electrons. The zero-order chi connectivity index (χ0) is 25.7. The standard InChI is InChI=1S/C27H23Cl2N3O2S2/c1-3-24(26(34)32-27-31-23(15-35-27)21-12-11-18(28)13-22(21)29)36-20-6-4-5-19(14-20)30-25(33)17-9-7-16(2)8-10-17/h4-15,24H,3H2,1-2H3,(H,30,33)(H,31,32,34). The fourth-order valence-electron chi connectivity index (χ4n) is 3.38. The monoisotopic (exact) mass is 555 g/mol. The Morgan fingerprint density at radius 3 is 2.53 bits per heavy atom. The average Bonchev–Trinajstić information content (AvgIpc) is 3.31. The molecule has 0 fully saturated rings. The topological polar surface area (TPSA) is 71.1 Å². The summed E-state index contributed by atoms with van der Waals surface area (Å²) in [6.45, 7) is 3.94. The number of aryl methyl sites for hydroxylation is 1. The van der Waals surface area contributed by atoms with Crippen LogP contribution >= 0.6 is 46.3 Å². The van der Waals surface area contributed by atoms with E-state index in [0.717, 1.165) is 16.0 Å². The van der Waals surface area contributed by atoms with E-state index in [-0.39, 0.29) is 17.1 Å². The second kappa shape index (κ2) is 11.9. The highest BCUT2D eigenvalue weighted by Gasteiger charge is 2.20. The van der Waals surface area contributed by atoms with Crippen molar-refractivity contribution in [3.63, 3.8) is 0 Å². The number of carbonyl (C=O) groups excluding carboxylic acids is 2. The smallest absolute Gasteiger partial charge is 0.255 e. The molecule has 2 amide bonds. The van der Waals surface area contributed by atoms with E-state index in [2.05, 4.69) is 15.6 Å². The van der Waals surface area contributed by atoms with Crippen LogP contribution in [0, 0.1) is 6.92 Å². The molecule has 0 aliphatic carbocycles. The summed E-state index contributed by atoms with van der Waals surface area (Å²) in [5.41, 5.74) is 3.78. The van der Waals surface area contributed by atoms with Gasteiger partial charge >= 0.3 is 0 Å². The summed E-state index contributed by atoms with van der Waals surface area (Å²) >= 11 is 15.0. The summed E-state index contributed by atoms with van der Waals surface area (Å²) in [4.78, 5) is 31.0. The Morgan fingerprint density at radius 2 is 1.81 bits per heavy atom. The van der Waals surface area contributed by atoms with Crippen molar-refractivity contribution in [3.05, 3.63) is 93.3 Å². The van der Waals surface area contributed by atoms with Crippen molar-refractivity contribution in [2.75, 3.05) is 10.6 Å². The number of amides is 2. The Hall–Kier alpha value is -2.84. The third-order valence-corrected chi connectivity index (χ3v) is 7.95. The van der Waals surface area contributed by atoms with Crippen LogP contribution in [-0.4, -0.2) is 22.0 Å². The highest BCUT2D eigenvalue weighted by molar-refractivity contribution is 8.00. The normalized spacial score (nSPS) is 11.7. The molecule has 1 heterocycles. The fraction of sp³-hybridized carbons (Fsp3) is 0.148. The van der Waals surface area contributed by atoms with Gasteiger partial charge in [-0.3, -0.25) is 9.59 Å². The van der Waals surface area contributed by atoms with Crippen LogP contribution in [0.1, 0.15) is 29.3 Å². The average molecular weight is 557 g/mol.